The van der Waals surface area contributed by atoms with E-state index < -0.39 is 11.8 Å². The van der Waals surface area contributed by atoms with Gasteiger partial charge in [-0.25, -0.2) is 9.18 Å². The molecule has 1 aromatic carbocycles. The van der Waals surface area contributed by atoms with E-state index in [2.05, 4.69) is 20.9 Å². The van der Waals surface area contributed by atoms with Crippen LogP contribution in [0.25, 0.3) is 0 Å². The fourth-order valence-electron chi connectivity index (χ4n) is 2.18. The number of carbonyl (C=O) groups excluding carboxylic acids is 1. The smallest absolute Gasteiger partial charge is 0.337 e. The van der Waals surface area contributed by atoms with Gasteiger partial charge < -0.3 is 10.0 Å². The van der Waals surface area contributed by atoms with Crippen LogP contribution in [0.2, 0.25) is 0 Å². The summed E-state index contributed by atoms with van der Waals surface area (Å²) in [6.07, 6.45) is 1.22. The van der Waals surface area contributed by atoms with Gasteiger partial charge in [0.25, 0.3) is 5.91 Å². The fraction of sp³-hybridized carbons (Fsp3) is 0.0714. The Kier molecular flexibility index (Phi) is 3.21. The Labute approximate surface area is 127 Å². The molecule has 0 fully saturated rings. The number of aromatic carboxylic acids is 1. The molecule has 0 saturated heterocycles. The van der Waals surface area contributed by atoms with Gasteiger partial charge in [0.15, 0.2) is 0 Å². The minimum atomic E-state index is -1.14. The van der Waals surface area contributed by atoms with E-state index in [9.17, 15) is 14.0 Å². The fourth-order valence-corrected chi connectivity index (χ4v) is 2.75. The highest BCUT2D eigenvalue weighted by atomic mass is 79.9. The summed E-state index contributed by atoms with van der Waals surface area (Å²) in [5.41, 5.74) is 1.23. The van der Waals surface area contributed by atoms with Crippen LogP contribution in [-0.4, -0.2) is 22.0 Å². The quantitative estimate of drug-likeness (QED) is 0.903. The van der Waals surface area contributed by atoms with Crippen LogP contribution in [-0.2, 0) is 6.54 Å². The standard InChI is InChI=1S/C14H8BrFN2O3/c15-10-4-8(16)1-2-12(10)18-6-11-9(13(18)19)3-7(5-17-11)14(20)21/h1-5H,6H2,(H,20,21). The zero-order valence-corrected chi connectivity index (χ0v) is 12.1. The molecular weight excluding hydrogens is 343 g/mol. The van der Waals surface area contributed by atoms with Crippen molar-refractivity contribution < 1.29 is 19.1 Å². The van der Waals surface area contributed by atoms with Crippen LogP contribution in [0, 0.1) is 5.82 Å². The first-order valence-electron chi connectivity index (χ1n) is 5.96. The predicted molar refractivity (Wildman–Crippen MR) is 75.8 cm³/mol. The van der Waals surface area contributed by atoms with Crippen LogP contribution in [0.1, 0.15) is 26.4 Å². The van der Waals surface area contributed by atoms with E-state index in [0.717, 1.165) is 0 Å². The van der Waals surface area contributed by atoms with Gasteiger partial charge in [0, 0.05) is 10.7 Å². The normalized spacial score (nSPS) is 13.4. The van der Waals surface area contributed by atoms with Crippen LogP contribution < -0.4 is 4.90 Å². The Balaban J connectivity index is 2.02. The lowest BCUT2D eigenvalue weighted by Gasteiger charge is -2.17. The number of carboxylic acid groups (broad SMARTS) is 1. The molecule has 1 amide bonds. The summed E-state index contributed by atoms with van der Waals surface area (Å²) in [5.74, 6) is -1.91. The van der Waals surface area contributed by atoms with Crippen molar-refractivity contribution in [2.24, 2.45) is 0 Å². The van der Waals surface area contributed by atoms with E-state index in [4.69, 9.17) is 5.11 Å². The molecule has 0 radical (unpaired) electrons. The van der Waals surface area contributed by atoms with Gasteiger partial charge in [-0.2, -0.15) is 0 Å². The molecule has 0 unspecified atom stereocenters. The molecule has 1 aromatic heterocycles. The lowest BCUT2D eigenvalue weighted by atomic mass is 10.1. The van der Waals surface area contributed by atoms with E-state index >= 15 is 0 Å². The number of anilines is 1. The van der Waals surface area contributed by atoms with Gasteiger partial charge >= 0.3 is 5.97 Å². The van der Waals surface area contributed by atoms with Crippen LogP contribution in [0.5, 0.6) is 0 Å². The molecule has 1 aliphatic rings. The summed E-state index contributed by atoms with van der Waals surface area (Å²) in [6.45, 7) is 0.221. The summed E-state index contributed by atoms with van der Waals surface area (Å²) < 4.78 is 13.6. The van der Waals surface area contributed by atoms with Crippen molar-refractivity contribution in [2.45, 2.75) is 6.54 Å². The van der Waals surface area contributed by atoms with Crippen molar-refractivity contribution in [3.63, 3.8) is 0 Å². The van der Waals surface area contributed by atoms with Gasteiger partial charge in [-0.05, 0) is 40.2 Å². The number of fused-ring (bicyclic) bond motifs is 1. The number of rotatable bonds is 2. The van der Waals surface area contributed by atoms with Crippen LogP contribution in [0.15, 0.2) is 34.9 Å². The summed E-state index contributed by atoms with van der Waals surface area (Å²) in [5, 5.41) is 8.95. The first-order chi connectivity index (χ1) is 9.97. The minimum Gasteiger partial charge on any atom is -0.478 e. The van der Waals surface area contributed by atoms with E-state index in [1.807, 2.05) is 0 Å². The number of nitrogens with zero attached hydrogens (tertiary/aromatic N) is 2. The van der Waals surface area contributed by atoms with E-state index in [-0.39, 0.29) is 23.6 Å². The second-order valence-corrected chi connectivity index (χ2v) is 5.36. The van der Waals surface area contributed by atoms with Crippen molar-refractivity contribution in [3.05, 3.63) is 57.6 Å². The average Bonchev–Trinajstić information content (AvgIpc) is 2.75. The second kappa shape index (κ2) is 4.92. The van der Waals surface area contributed by atoms with Crippen molar-refractivity contribution >= 4 is 33.5 Å². The number of amides is 1. The first-order valence-corrected chi connectivity index (χ1v) is 6.76. The van der Waals surface area contributed by atoms with Crippen LogP contribution in [0.3, 0.4) is 0 Å². The molecule has 3 rings (SSSR count). The maximum absolute atomic E-state index is 13.1. The number of hydrogen-bond acceptors (Lipinski definition) is 3. The number of benzene rings is 1. The lowest BCUT2D eigenvalue weighted by Crippen LogP contribution is -2.23. The third-order valence-electron chi connectivity index (χ3n) is 3.20. The molecule has 7 heteroatoms. The highest BCUT2D eigenvalue weighted by Gasteiger charge is 2.31. The van der Waals surface area contributed by atoms with Gasteiger partial charge in [-0.1, -0.05) is 0 Å². The molecule has 2 aromatic rings. The molecular formula is C14H8BrFN2O3. The van der Waals surface area contributed by atoms with Gasteiger partial charge in [0.05, 0.1) is 29.1 Å². The lowest BCUT2D eigenvalue weighted by molar-refractivity contribution is 0.0696. The number of aromatic nitrogens is 1. The maximum Gasteiger partial charge on any atom is 0.337 e. The minimum absolute atomic E-state index is 0.0397. The molecule has 0 spiro atoms. The first kappa shape index (κ1) is 13.7. The summed E-state index contributed by atoms with van der Waals surface area (Å²) in [7, 11) is 0. The SMILES string of the molecule is O=C(O)c1cnc2c(c1)C(=O)N(c1ccc(F)cc1Br)C2. The number of hydrogen-bond donors (Lipinski definition) is 1. The number of pyridine rings is 1. The topological polar surface area (TPSA) is 70.5 Å². The zero-order chi connectivity index (χ0) is 15.1. The van der Waals surface area contributed by atoms with Crippen molar-refractivity contribution in [3.8, 4) is 0 Å². The third-order valence-corrected chi connectivity index (χ3v) is 3.84. The highest BCUT2D eigenvalue weighted by Crippen LogP contribution is 2.33. The van der Waals surface area contributed by atoms with Crippen LogP contribution in [0.4, 0.5) is 10.1 Å². The second-order valence-electron chi connectivity index (χ2n) is 4.51. The summed E-state index contributed by atoms with van der Waals surface area (Å²) in [6, 6.07) is 5.32. The molecule has 5 nitrogen and oxygen atoms in total. The molecule has 1 aliphatic heterocycles. The number of carboxylic acids is 1. The third kappa shape index (κ3) is 2.29. The Morgan fingerprint density at radius 1 is 1.38 bits per heavy atom. The largest absolute Gasteiger partial charge is 0.478 e. The zero-order valence-electron chi connectivity index (χ0n) is 10.5. The monoisotopic (exact) mass is 350 g/mol. The molecule has 0 saturated carbocycles. The maximum atomic E-state index is 13.1. The molecule has 21 heavy (non-hydrogen) atoms. The van der Waals surface area contributed by atoms with Gasteiger partial charge in [0.1, 0.15) is 5.82 Å². The van der Waals surface area contributed by atoms with Gasteiger partial charge in [0.2, 0.25) is 0 Å². The molecule has 2 heterocycles. The van der Waals surface area contributed by atoms with Crippen LogP contribution >= 0.6 is 15.9 Å². The molecule has 1 N–H and O–H groups in total. The Hall–Kier alpha value is -2.28. The summed E-state index contributed by atoms with van der Waals surface area (Å²) in [4.78, 5) is 28.8. The predicted octanol–water partition coefficient (Wildman–Crippen LogP) is 2.84. The molecule has 0 atom stereocenters. The molecule has 106 valence electrons. The Bertz CT molecular complexity index is 779. The Morgan fingerprint density at radius 3 is 2.81 bits per heavy atom. The van der Waals surface area contributed by atoms with Crippen molar-refractivity contribution in [1.29, 1.82) is 0 Å². The summed E-state index contributed by atoms with van der Waals surface area (Å²) >= 11 is 3.22. The van der Waals surface area contributed by atoms with Crippen molar-refractivity contribution in [1.82, 2.24) is 4.98 Å². The van der Waals surface area contributed by atoms with Crippen molar-refractivity contribution in [2.75, 3.05) is 4.90 Å². The van der Waals surface area contributed by atoms with E-state index in [1.165, 1.54) is 35.4 Å². The molecule has 0 bridgehead atoms. The highest BCUT2D eigenvalue weighted by molar-refractivity contribution is 9.10. The van der Waals surface area contributed by atoms with E-state index in [0.29, 0.717) is 15.9 Å². The number of carbonyl (C=O) groups is 2. The molecule has 0 aliphatic carbocycles. The van der Waals surface area contributed by atoms with E-state index in [1.54, 1.807) is 0 Å². The van der Waals surface area contributed by atoms with Gasteiger partial charge in [-0.15, -0.1) is 0 Å². The Morgan fingerprint density at radius 2 is 2.14 bits per heavy atom. The number of halogens is 2. The average molecular weight is 351 g/mol. The van der Waals surface area contributed by atoms with Gasteiger partial charge in [-0.3, -0.25) is 9.78 Å².